The van der Waals surface area contributed by atoms with Crippen LogP contribution in [-0.2, 0) is 4.79 Å². The Balaban J connectivity index is 1.67. The normalized spacial score (nSPS) is 18.1. The van der Waals surface area contributed by atoms with Gasteiger partial charge in [-0.3, -0.25) is 4.79 Å². The molecule has 1 unspecified atom stereocenters. The lowest BCUT2D eigenvalue weighted by atomic mass is 10.0. The fraction of sp³-hybridized carbons (Fsp3) is 0.412. The molecule has 1 saturated heterocycles. The summed E-state index contributed by atoms with van der Waals surface area (Å²) in [6.07, 6.45) is 3.06. The number of rotatable bonds is 4. The SMILES string of the molecule is NCC1CCCCN1C(=O)COc1ccc2ccc(=O)oc2c1. The second-order valence-electron chi connectivity index (χ2n) is 5.72. The van der Waals surface area contributed by atoms with E-state index < -0.39 is 5.63 Å². The first-order valence-electron chi connectivity index (χ1n) is 7.83. The molecular weight excluding hydrogens is 296 g/mol. The highest BCUT2D eigenvalue weighted by atomic mass is 16.5. The Morgan fingerprint density at radius 2 is 2.13 bits per heavy atom. The zero-order valence-corrected chi connectivity index (χ0v) is 12.9. The van der Waals surface area contributed by atoms with Crippen LogP contribution < -0.4 is 16.1 Å². The van der Waals surface area contributed by atoms with Crippen molar-refractivity contribution in [3.8, 4) is 5.75 Å². The smallest absolute Gasteiger partial charge is 0.336 e. The maximum absolute atomic E-state index is 12.3. The molecule has 0 spiro atoms. The van der Waals surface area contributed by atoms with Crippen LogP contribution in [-0.4, -0.2) is 36.5 Å². The number of piperidine rings is 1. The Hall–Kier alpha value is -2.34. The van der Waals surface area contributed by atoms with E-state index in [4.69, 9.17) is 14.9 Å². The third kappa shape index (κ3) is 3.53. The number of benzene rings is 1. The van der Waals surface area contributed by atoms with Crippen LogP contribution in [0.15, 0.2) is 39.5 Å². The summed E-state index contributed by atoms with van der Waals surface area (Å²) in [5.41, 5.74) is 5.77. The summed E-state index contributed by atoms with van der Waals surface area (Å²) in [5, 5.41) is 0.808. The topological polar surface area (TPSA) is 85.8 Å². The van der Waals surface area contributed by atoms with E-state index >= 15 is 0 Å². The highest BCUT2D eigenvalue weighted by molar-refractivity contribution is 5.79. The molecule has 6 nitrogen and oxygen atoms in total. The zero-order chi connectivity index (χ0) is 16.2. The summed E-state index contributed by atoms with van der Waals surface area (Å²) >= 11 is 0. The fourth-order valence-corrected chi connectivity index (χ4v) is 2.93. The number of hydrogen-bond donors (Lipinski definition) is 1. The molecule has 6 heteroatoms. The summed E-state index contributed by atoms with van der Waals surface area (Å²) in [4.78, 5) is 25.4. The fourth-order valence-electron chi connectivity index (χ4n) is 2.93. The van der Waals surface area contributed by atoms with Crippen molar-refractivity contribution in [2.45, 2.75) is 25.3 Å². The van der Waals surface area contributed by atoms with Gasteiger partial charge in [-0.1, -0.05) is 0 Å². The molecule has 1 amide bonds. The lowest BCUT2D eigenvalue weighted by molar-refractivity contribution is -0.136. The summed E-state index contributed by atoms with van der Waals surface area (Å²) < 4.78 is 10.7. The van der Waals surface area contributed by atoms with Crippen LogP contribution in [0.3, 0.4) is 0 Å². The Bertz CT molecular complexity index is 756. The monoisotopic (exact) mass is 316 g/mol. The maximum Gasteiger partial charge on any atom is 0.336 e. The van der Waals surface area contributed by atoms with E-state index in [2.05, 4.69) is 0 Å². The van der Waals surface area contributed by atoms with Gasteiger partial charge in [-0.2, -0.15) is 0 Å². The number of carbonyl (C=O) groups excluding carboxylic acids is 1. The zero-order valence-electron chi connectivity index (χ0n) is 12.9. The summed E-state index contributed by atoms with van der Waals surface area (Å²) in [6, 6.07) is 8.34. The Labute approximate surface area is 133 Å². The largest absolute Gasteiger partial charge is 0.484 e. The molecule has 1 aromatic heterocycles. The van der Waals surface area contributed by atoms with Crippen LogP contribution >= 0.6 is 0 Å². The Morgan fingerprint density at radius 1 is 1.30 bits per heavy atom. The van der Waals surface area contributed by atoms with Gasteiger partial charge in [0.2, 0.25) is 0 Å². The molecule has 1 aliphatic heterocycles. The van der Waals surface area contributed by atoms with E-state index in [0.717, 1.165) is 31.2 Å². The van der Waals surface area contributed by atoms with Crippen LogP contribution in [0.1, 0.15) is 19.3 Å². The number of likely N-dealkylation sites (tertiary alicyclic amines) is 1. The summed E-state index contributed by atoms with van der Waals surface area (Å²) in [5.74, 6) is 0.441. The molecule has 3 rings (SSSR count). The molecule has 2 aromatic rings. The first kappa shape index (κ1) is 15.6. The number of fused-ring (bicyclic) bond motifs is 1. The van der Waals surface area contributed by atoms with E-state index in [0.29, 0.717) is 17.9 Å². The third-order valence-corrected chi connectivity index (χ3v) is 4.18. The molecule has 1 fully saturated rings. The summed E-state index contributed by atoms with van der Waals surface area (Å²) in [7, 11) is 0. The van der Waals surface area contributed by atoms with Gasteiger partial charge in [0, 0.05) is 36.7 Å². The number of amides is 1. The van der Waals surface area contributed by atoms with Crippen LogP contribution in [0.4, 0.5) is 0 Å². The van der Waals surface area contributed by atoms with Crippen LogP contribution in [0, 0.1) is 0 Å². The number of nitrogens with zero attached hydrogens (tertiary/aromatic N) is 1. The first-order valence-corrected chi connectivity index (χ1v) is 7.83. The summed E-state index contributed by atoms with van der Waals surface area (Å²) in [6.45, 7) is 1.17. The molecule has 1 aromatic carbocycles. The van der Waals surface area contributed by atoms with Gasteiger partial charge in [0.15, 0.2) is 6.61 Å². The lowest BCUT2D eigenvalue weighted by Gasteiger charge is -2.34. The van der Waals surface area contributed by atoms with Gasteiger partial charge >= 0.3 is 5.63 Å². The van der Waals surface area contributed by atoms with Crippen molar-refractivity contribution in [3.63, 3.8) is 0 Å². The van der Waals surface area contributed by atoms with E-state index in [1.165, 1.54) is 6.07 Å². The molecule has 1 aliphatic rings. The molecule has 2 N–H and O–H groups in total. The van der Waals surface area contributed by atoms with Gasteiger partial charge < -0.3 is 19.8 Å². The van der Waals surface area contributed by atoms with Crippen molar-refractivity contribution >= 4 is 16.9 Å². The van der Waals surface area contributed by atoms with Crippen molar-refractivity contribution in [1.29, 1.82) is 0 Å². The standard InChI is InChI=1S/C17H20N2O4/c18-10-13-3-1-2-8-19(13)16(20)11-22-14-6-4-12-5-7-17(21)23-15(12)9-14/h4-7,9,13H,1-3,8,10-11,18H2. The molecule has 122 valence electrons. The Morgan fingerprint density at radius 3 is 2.96 bits per heavy atom. The minimum Gasteiger partial charge on any atom is -0.484 e. The molecule has 1 atom stereocenters. The van der Waals surface area contributed by atoms with Crippen LogP contribution in [0.2, 0.25) is 0 Å². The first-order chi connectivity index (χ1) is 11.2. The Kier molecular flexibility index (Phi) is 4.62. The minimum atomic E-state index is -0.412. The highest BCUT2D eigenvalue weighted by Crippen LogP contribution is 2.20. The van der Waals surface area contributed by atoms with E-state index in [-0.39, 0.29) is 18.6 Å². The molecule has 0 radical (unpaired) electrons. The van der Waals surface area contributed by atoms with E-state index in [1.54, 1.807) is 24.3 Å². The second-order valence-corrected chi connectivity index (χ2v) is 5.72. The quantitative estimate of drug-likeness (QED) is 0.864. The number of nitrogens with two attached hydrogens (primary N) is 1. The van der Waals surface area contributed by atoms with Gasteiger partial charge in [-0.25, -0.2) is 4.79 Å². The second kappa shape index (κ2) is 6.83. The molecule has 0 aliphatic carbocycles. The minimum absolute atomic E-state index is 0.0426. The highest BCUT2D eigenvalue weighted by Gasteiger charge is 2.25. The van der Waals surface area contributed by atoms with Gasteiger partial charge in [0.05, 0.1) is 0 Å². The molecule has 2 heterocycles. The molecule has 23 heavy (non-hydrogen) atoms. The number of hydrogen-bond acceptors (Lipinski definition) is 5. The van der Waals surface area contributed by atoms with Gasteiger partial charge in [-0.15, -0.1) is 0 Å². The van der Waals surface area contributed by atoms with E-state index in [1.807, 2.05) is 4.90 Å². The predicted octanol–water partition coefficient (Wildman–Crippen LogP) is 1.51. The lowest BCUT2D eigenvalue weighted by Crippen LogP contribution is -2.49. The molecule has 0 saturated carbocycles. The van der Waals surface area contributed by atoms with Crippen LogP contribution in [0.25, 0.3) is 11.0 Å². The van der Waals surface area contributed by atoms with E-state index in [9.17, 15) is 9.59 Å². The number of ether oxygens (including phenoxy) is 1. The van der Waals surface area contributed by atoms with Crippen molar-refractivity contribution < 1.29 is 13.9 Å². The number of carbonyl (C=O) groups is 1. The third-order valence-electron chi connectivity index (χ3n) is 4.18. The van der Waals surface area contributed by atoms with Crippen molar-refractivity contribution in [3.05, 3.63) is 40.8 Å². The van der Waals surface area contributed by atoms with Crippen molar-refractivity contribution in [1.82, 2.24) is 4.90 Å². The van der Waals surface area contributed by atoms with Crippen molar-refractivity contribution in [2.75, 3.05) is 19.7 Å². The predicted molar refractivity (Wildman–Crippen MR) is 86.4 cm³/mol. The van der Waals surface area contributed by atoms with Crippen molar-refractivity contribution in [2.24, 2.45) is 5.73 Å². The average Bonchev–Trinajstić information content (AvgIpc) is 2.59. The van der Waals surface area contributed by atoms with Gasteiger partial charge in [0.25, 0.3) is 5.91 Å². The van der Waals surface area contributed by atoms with Gasteiger partial charge in [-0.05, 0) is 37.5 Å². The maximum atomic E-state index is 12.3. The van der Waals surface area contributed by atoms with Crippen LogP contribution in [0.5, 0.6) is 5.75 Å². The molecular formula is C17H20N2O4. The van der Waals surface area contributed by atoms with Gasteiger partial charge in [0.1, 0.15) is 11.3 Å². The molecule has 0 bridgehead atoms. The average molecular weight is 316 g/mol.